The summed E-state index contributed by atoms with van der Waals surface area (Å²) in [6.45, 7) is 9.31. The summed E-state index contributed by atoms with van der Waals surface area (Å²) in [5, 5.41) is 2.97. The van der Waals surface area contributed by atoms with Gasteiger partial charge in [0.05, 0.1) is 11.9 Å². The number of nitrogens with one attached hydrogen (secondary N) is 1. The number of hydrogen-bond donors (Lipinski definition) is 1. The van der Waals surface area contributed by atoms with Crippen LogP contribution in [0.2, 0.25) is 0 Å². The number of anilines is 1. The number of rotatable bonds is 11. The normalized spacial score (nSPS) is 13.1. The van der Waals surface area contributed by atoms with E-state index in [-0.39, 0.29) is 25.0 Å². The van der Waals surface area contributed by atoms with E-state index in [4.69, 9.17) is 0 Å². The molecule has 2 amide bonds. The van der Waals surface area contributed by atoms with Crippen molar-refractivity contribution in [2.24, 2.45) is 0 Å². The zero-order valence-corrected chi connectivity index (χ0v) is 21.9. The average Bonchev–Trinajstić information content (AvgIpc) is 2.77. The standard InChI is InChI=1S/C26H37N3O4S/c1-7-21(5)27-26(31)23(8-2)28(17-22-12-10-9-11-13-22)25(30)18-29(34(6,32)33)24-15-14-19(3)16-20(24)4/h9-16,21,23H,7-8,17-18H2,1-6H3,(H,27,31)/t21-,23+/m0/s1. The van der Waals surface area contributed by atoms with Crippen LogP contribution in [0.25, 0.3) is 0 Å². The first-order valence-electron chi connectivity index (χ1n) is 11.7. The number of aryl methyl sites for hydroxylation is 2. The SMILES string of the molecule is CC[C@H](C(=O)N[C@@H](C)CC)N(Cc1ccccc1)C(=O)CN(c1ccc(C)cc1C)S(C)(=O)=O. The fourth-order valence-electron chi connectivity index (χ4n) is 3.82. The van der Waals surface area contributed by atoms with Crippen molar-refractivity contribution in [3.8, 4) is 0 Å². The van der Waals surface area contributed by atoms with Crippen molar-refractivity contribution in [3.63, 3.8) is 0 Å². The molecule has 0 aliphatic carbocycles. The zero-order chi connectivity index (χ0) is 25.5. The van der Waals surface area contributed by atoms with Crippen molar-refractivity contribution < 1.29 is 18.0 Å². The minimum absolute atomic E-state index is 0.0297. The Morgan fingerprint density at radius 1 is 1.00 bits per heavy atom. The molecule has 0 aliphatic heterocycles. The number of sulfonamides is 1. The summed E-state index contributed by atoms with van der Waals surface area (Å²) < 4.78 is 26.6. The van der Waals surface area contributed by atoms with Gasteiger partial charge in [-0.2, -0.15) is 0 Å². The van der Waals surface area contributed by atoms with E-state index in [1.54, 1.807) is 6.07 Å². The lowest BCUT2D eigenvalue weighted by Gasteiger charge is -2.33. The van der Waals surface area contributed by atoms with Crippen molar-refractivity contribution >= 4 is 27.5 Å². The molecule has 0 heterocycles. The van der Waals surface area contributed by atoms with Crippen LogP contribution in [-0.4, -0.2) is 50.0 Å². The lowest BCUT2D eigenvalue weighted by atomic mass is 10.1. The molecule has 0 saturated carbocycles. The van der Waals surface area contributed by atoms with Crippen molar-refractivity contribution in [3.05, 3.63) is 65.2 Å². The first kappa shape index (κ1) is 27.4. The first-order valence-corrected chi connectivity index (χ1v) is 13.5. The Labute approximate surface area is 204 Å². The Morgan fingerprint density at radius 3 is 2.18 bits per heavy atom. The Morgan fingerprint density at radius 2 is 1.65 bits per heavy atom. The van der Waals surface area contributed by atoms with Gasteiger partial charge in [0.2, 0.25) is 21.8 Å². The van der Waals surface area contributed by atoms with E-state index in [1.165, 1.54) is 4.90 Å². The molecular formula is C26H37N3O4S. The highest BCUT2D eigenvalue weighted by Gasteiger charge is 2.32. The van der Waals surface area contributed by atoms with Crippen LogP contribution in [0.15, 0.2) is 48.5 Å². The minimum atomic E-state index is -3.75. The van der Waals surface area contributed by atoms with Crippen LogP contribution < -0.4 is 9.62 Å². The van der Waals surface area contributed by atoms with Crippen LogP contribution >= 0.6 is 0 Å². The molecule has 0 bridgehead atoms. The number of amides is 2. The summed E-state index contributed by atoms with van der Waals surface area (Å²) >= 11 is 0. The van der Waals surface area contributed by atoms with Gasteiger partial charge in [0.15, 0.2) is 0 Å². The van der Waals surface area contributed by atoms with Crippen LogP contribution in [-0.2, 0) is 26.2 Å². The first-order chi connectivity index (χ1) is 16.0. The van der Waals surface area contributed by atoms with Crippen molar-refractivity contribution in [1.82, 2.24) is 10.2 Å². The highest BCUT2D eigenvalue weighted by molar-refractivity contribution is 7.92. The number of nitrogens with zero attached hydrogens (tertiary/aromatic N) is 2. The number of carbonyl (C=O) groups is 2. The maximum atomic E-state index is 13.7. The zero-order valence-electron chi connectivity index (χ0n) is 21.0. The molecule has 0 spiro atoms. The molecular weight excluding hydrogens is 450 g/mol. The number of benzene rings is 2. The summed E-state index contributed by atoms with van der Waals surface area (Å²) in [7, 11) is -3.75. The summed E-state index contributed by atoms with van der Waals surface area (Å²) in [4.78, 5) is 28.2. The van der Waals surface area contributed by atoms with E-state index in [0.717, 1.165) is 33.7 Å². The van der Waals surface area contributed by atoms with Crippen LogP contribution in [0.3, 0.4) is 0 Å². The maximum absolute atomic E-state index is 13.7. The van der Waals surface area contributed by atoms with Gasteiger partial charge in [-0.25, -0.2) is 8.42 Å². The molecule has 34 heavy (non-hydrogen) atoms. The van der Waals surface area contributed by atoms with Crippen molar-refractivity contribution in [2.45, 2.75) is 66.1 Å². The van der Waals surface area contributed by atoms with E-state index >= 15 is 0 Å². The lowest BCUT2D eigenvalue weighted by Crippen LogP contribution is -2.53. The Balaban J connectivity index is 2.44. The molecule has 2 rings (SSSR count). The lowest BCUT2D eigenvalue weighted by molar-refractivity contribution is -0.140. The van der Waals surface area contributed by atoms with Gasteiger partial charge in [-0.05, 0) is 50.8 Å². The smallest absolute Gasteiger partial charge is 0.244 e. The van der Waals surface area contributed by atoms with E-state index in [0.29, 0.717) is 12.1 Å². The molecule has 0 fully saturated rings. The number of hydrogen-bond acceptors (Lipinski definition) is 4. The fourth-order valence-corrected chi connectivity index (χ4v) is 4.73. The van der Waals surface area contributed by atoms with Gasteiger partial charge in [0.1, 0.15) is 12.6 Å². The largest absolute Gasteiger partial charge is 0.352 e. The minimum Gasteiger partial charge on any atom is -0.352 e. The Kier molecular flexibility index (Phi) is 9.67. The van der Waals surface area contributed by atoms with Crippen molar-refractivity contribution in [2.75, 3.05) is 17.1 Å². The highest BCUT2D eigenvalue weighted by atomic mass is 32.2. The molecule has 7 nitrogen and oxygen atoms in total. The van der Waals surface area contributed by atoms with Gasteiger partial charge >= 0.3 is 0 Å². The van der Waals surface area contributed by atoms with Gasteiger partial charge in [-0.15, -0.1) is 0 Å². The molecule has 0 aliphatic rings. The van der Waals surface area contributed by atoms with Gasteiger partial charge in [0, 0.05) is 12.6 Å². The summed E-state index contributed by atoms with van der Waals surface area (Å²) in [6.07, 6.45) is 2.26. The third-order valence-electron chi connectivity index (χ3n) is 5.88. The second-order valence-corrected chi connectivity index (χ2v) is 10.7. The second-order valence-electron chi connectivity index (χ2n) is 8.81. The molecule has 0 unspecified atom stereocenters. The molecule has 1 N–H and O–H groups in total. The summed E-state index contributed by atoms with van der Waals surface area (Å²) in [5.41, 5.74) is 3.08. The molecule has 2 atom stereocenters. The fraction of sp³-hybridized carbons (Fsp3) is 0.462. The highest BCUT2D eigenvalue weighted by Crippen LogP contribution is 2.24. The quantitative estimate of drug-likeness (QED) is 0.522. The molecule has 2 aromatic rings. The third-order valence-corrected chi connectivity index (χ3v) is 7.01. The Hall–Kier alpha value is -2.87. The van der Waals surface area contributed by atoms with Crippen LogP contribution in [0, 0.1) is 13.8 Å². The van der Waals surface area contributed by atoms with Crippen LogP contribution in [0.4, 0.5) is 5.69 Å². The van der Waals surface area contributed by atoms with Gasteiger partial charge in [-0.1, -0.05) is 61.9 Å². The monoisotopic (exact) mass is 487 g/mol. The molecule has 2 aromatic carbocycles. The molecule has 0 aromatic heterocycles. The second kappa shape index (κ2) is 12.0. The Bertz CT molecular complexity index is 1090. The van der Waals surface area contributed by atoms with E-state index < -0.39 is 22.0 Å². The van der Waals surface area contributed by atoms with Gasteiger partial charge in [-0.3, -0.25) is 13.9 Å². The maximum Gasteiger partial charge on any atom is 0.244 e. The van der Waals surface area contributed by atoms with E-state index in [2.05, 4.69) is 5.32 Å². The van der Waals surface area contributed by atoms with E-state index in [9.17, 15) is 18.0 Å². The average molecular weight is 488 g/mol. The summed E-state index contributed by atoms with van der Waals surface area (Å²) in [6, 6.07) is 14.1. The van der Waals surface area contributed by atoms with Gasteiger partial charge in [0.25, 0.3) is 0 Å². The number of carbonyl (C=O) groups excluding carboxylic acids is 2. The molecule has 0 saturated heterocycles. The van der Waals surface area contributed by atoms with Crippen LogP contribution in [0.1, 0.15) is 50.3 Å². The topological polar surface area (TPSA) is 86.8 Å². The molecule has 186 valence electrons. The molecule has 0 radical (unpaired) electrons. The van der Waals surface area contributed by atoms with Gasteiger partial charge < -0.3 is 10.2 Å². The van der Waals surface area contributed by atoms with E-state index in [1.807, 2.05) is 77.1 Å². The summed E-state index contributed by atoms with van der Waals surface area (Å²) in [5.74, 6) is -0.668. The van der Waals surface area contributed by atoms with Crippen LogP contribution in [0.5, 0.6) is 0 Å². The molecule has 8 heteroatoms. The predicted molar refractivity (Wildman–Crippen MR) is 137 cm³/mol. The predicted octanol–water partition coefficient (Wildman–Crippen LogP) is 3.79. The third kappa shape index (κ3) is 7.32. The van der Waals surface area contributed by atoms with Crippen molar-refractivity contribution in [1.29, 1.82) is 0 Å².